The Hall–Kier alpha value is -1.32. The predicted molar refractivity (Wildman–Crippen MR) is 51.1 cm³/mol. The molecular formula is C10H14N2O2. The Morgan fingerprint density at radius 3 is 3.29 bits per heavy atom. The van der Waals surface area contributed by atoms with E-state index in [1.807, 2.05) is 10.8 Å². The summed E-state index contributed by atoms with van der Waals surface area (Å²) in [5.74, 6) is 0.577. The predicted octanol–water partition coefficient (Wildman–Crippen LogP) is 1.09. The highest BCUT2D eigenvalue weighted by molar-refractivity contribution is 5.69. The molecule has 0 aliphatic carbocycles. The molecule has 0 saturated heterocycles. The lowest BCUT2D eigenvalue weighted by Crippen LogP contribution is -2.19. The fraction of sp³-hybridized carbons (Fsp3) is 0.600. The number of hydrogen-bond acceptors (Lipinski definition) is 2. The van der Waals surface area contributed by atoms with E-state index >= 15 is 0 Å². The molecular weight excluding hydrogens is 180 g/mol. The molecule has 2 heterocycles. The van der Waals surface area contributed by atoms with Crippen molar-refractivity contribution in [3.05, 3.63) is 17.7 Å². The Morgan fingerprint density at radius 2 is 2.57 bits per heavy atom. The molecule has 0 amide bonds. The molecule has 0 spiro atoms. The van der Waals surface area contributed by atoms with Crippen molar-refractivity contribution in [3.8, 4) is 0 Å². The van der Waals surface area contributed by atoms with Crippen LogP contribution >= 0.6 is 0 Å². The first-order chi connectivity index (χ1) is 6.66. The largest absolute Gasteiger partial charge is 0.481 e. The molecule has 1 aliphatic rings. The zero-order valence-electron chi connectivity index (χ0n) is 8.23. The number of imidazole rings is 1. The van der Waals surface area contributed by atoms with Crippen molar-refractivity contribution in [2.75, 3.05) is 0 Å². The van der Waals surface area contributed by atoms with Gasteiger partial charge in [-0.1, -0.05) is 6.92 Å². The Labute approximate surface area is 82.6 Å². The summed E-state index contributed by atoms with van der Waals surface area (Å²) in [7, 11) is 0. The van der Waals surface area contributed by atoms with Crippen molar-refractivity contribution in [2.45, 2.75) is 32.7 Å². The number of carbonyl (C=O) groups is 1. The second kappa shape index (κ2) is 3.44. The third-order valence-corrected chi connectivity index (χ3v) is 2.73. The zero-order valence-corrected chi connectivity index (χ0v) is 8.23. The van der Waals surface area contributed by atoms with Crippen LogP contribution in [-0.2, 0) is 24.2 Å². The zero-order chi connectivity index (χ0) is 10.1. The third-order valence-electron chi connectivity index (χ3n) is 2.73. The fourth-order valence-electron chi connectivity index (χ4n) is 1.97. The summed E-state index contributed by atoms with van der Waals surface area (Å²) in [6.45, 7) is 3.13. The van der Waals surface area contributed by atoms with E-state index in [-0.39, 0.29) is 6.42 Å². The van der Waals surface area contributed by atoms with Crippen LogP contribution in [-0.4, -0.2) is 20.6 Å². The standard InChI is InChI=1S/C10H14N2O2/c1-7-2-3-12-8(4-7)6-11-9(12)5-10(13)14/h6-7H,2-5H2,1H3,(H,13,14). The van der Waals surface area contributed by atoms with Gasteiger partial charge in [-0.3, -0.25) is 4.79 Å². The Kier molecular flexibility index (Phi) is 2.27. The minimum Gasteiger partial charge on any atom is -0.481 e. The summed E-state index contributed by atoms with van der Waals surface area (Å²) in [5.41, 5.74) is 1.18. The van der Waals surface area contributed by atoms with E-state index in [2.05, 4.69) is 11.9 Å². The Balaban J connectivity index is 2.24. The van der Waals surface area contributed by atoms with Gasteiger partial charge in [-0.2, -0.15) is 0 Å². The second-order valence-electron chi connectivity index (χ2n) is 3.99. The Morgan fingerprint density at radius 1 is 1.79 bits per heavy atom. The van der Waals surface area contributed by atoms with Gasteiger partial charge in [0.05, 0.1) is 0 Å². The molecule has 0 bridgehead atoms. The van der Waals surface area contributed by atoms with E-state index in [4.69, 9.17) is 5.11 Å². The number of carboxylic acid groups (broad SMARTS) is 1. The van der Waals surface area contributed by atoms with Gasteiger partial charge in [-0.05, 0) is 18.8 Å². The van der Waals surface area contributed by atoms with Crippen LogP contribution in [0.2, 0.25) is 0 Å². The first kappa shape index (κ1) is 9.24. The smallest absolute Gasteiger partial charge is 0.311 e. The van der Waals surface area contributed by atoms with Crippen molar-refractivity contribution >= 4 is 5.97 Å². The number of nitrogens with zero attached hydrogens (tertiary/aromatic N) is 2. The van der Waals surface area contributed by atoms with E-state index < -0.39 is 5.97 Å². The van der Waals surface area contributed by atoms with Crippen LogP contribution < -0.4 is 0 Å². The molecule has 76 valence electrons. The number of carboxylic acids is 1. The van der Waals surface area contributed by atoms with E-state index in [9.17, 15) is 4.79 Å². The molecule has 1 N–H and O–H groups in total. The van der Waals surface area contributed by atoms with Crippen molar-refractivity contribution in [1.29, 1.82) is 0 Å². The summed E-state index contributed by atoms with van der Waals surface area (Å²) < 4.78 is 2.05. The molecule has 1 aliphatic heterocycles. The van der Waals surface area contributed by atoms with Crippen molar-refractivity contribution in [1.82, 2.24) is 9.55 Å². The highest BCUT2D eigenvalue weighted by atomic mass is 16.4. The van der Waals surface area contributed by atoms with Crippen LogP contribution in [0.1, 0.15) is 24.9 Å². The summed E-state index contributed by atoms with van der Waals surface area (Å²) in [6.07, 6.45) is 3.99. The van der Waals surface area contributed by atoms with E-state index in [1.165, 1.54) is 5.69 Å². The fourth-order valence-corrected chi connectivity index (χ4v) is 1.97. The van der Waals surface area contributed by atoms with E-state index in [0.29, 0.717) is 11.7 Å². The quantitative estimate of drug-likeness (QED) is 0.766. The SMILES string of the molecule is CC1CCn2c(cnc2CC(=O)O)C1. The lowest BCUT2D eigenvalue weighted by Gasteiger charge is -2.21. The summed E-state index contributed by atoms with van der Waals surface area (Å²) in [4.78, 5) is 14.7. The molecule has 0 radical (unpaired) electrons. The maximum atomic E-state index is 10.6. The molecule has 1 atom stereocenters. The number of fused-ring (bicyclic) bond motifs is 1. The monoisotopic (exact) mass is 194 g/mol. The van der Waals surface area contributed by atoms with Crippen LogP contribution in [0.5, 0.6) is 0 Å². The number of rotatable bonds is 2. The van der Waals surface area contributed by atoms with Crippen molar-refractivity contribution in [2.24, 2.45) is 5.92 Å². The van der Waals surface area contributed by atoms with Gasteiger partial charge in [0.2, 0.25) is 0 Å². The van der Waals surface area contributed by atoms with Crippen LogP contribution in [0.4, 0.5) is 0 Å². The molecule has 0 fully saturated rings. The van der Waals surface area contributed by atoms with Crippen LogP contribution in [0.3, 0.4) is 0 Å². The van der Waals surface area contributed by atoms with Gasteiger partial charge in [0, 0.05) is 18.4 Å². The maximum absolute atomic E-state index is 10.6. The number of aliphatic carboxylic acids is 1. The molecule has 14 heavy (non-hydrogen) atoms. The first-order valence-corrected chi connectivity index (χ1v) is 4.92. The number of aromatic nitrogens is 2. The topological polar surface area (TPSA) is 55.1 Å². The lowest BCUT2D eigenvalue weighted by molar-refractivity contribution is -0.136. The van der Waals surface area contributed by atoms with Crippen molar-refractivity contribution in [3.63, 3.8) is 0 Å². The molecule has 0 aromatic carbocycles. The summed E-state index contributed by atoms with van der Waals surface area (Å²) >= 11 is 0. The maximum Gasteiger partial charge on any atom is 0.311 e. The van der Waals surface area contributed by atoms with E-state index in [0.717, 1.165) is 19.4 Å². The van der Waals surface area contributed by atoms with Gasteiger partial charge >= 0.3 is 5.97 Å². The lowest BCUT2D eigenvalue weighted by atomic mass is 9.99. The van der Waals surface area contributed by atoms with Crippen LogP contribution in [0.15, 0.2) is 6.20 Å². The molecule has 1 aromatic rings. The molecule has 4 nitrogen and oxygen atoms in total. The van der Waals surface area contributed by atoms with Gasteiger partial charge in [-0.15, -0.1) is 0 Å². The van der Waals surface area contributed by atoms with Gasteiger partial charge in [-0.25, -0.2) is 4.98 Å². The second-order valence-corrected chi connectivity index (χ2v) is 3.99. The molecule has 0 saturated carbocycles. The third kappa shape index (κ3) is 1.64. The van der Waals surface area contributed by atoms with Gasteiger partial charge in [0.1, 0.15) is 12.2 Å². The molecule has 1 aromatic heterocycles. The van der Waals surface area contributed by atoms with E-state index in [1.54, 1.807) is 0 Å². The summed E-state index contributed by atoms with van der Waals surface area (Å²) in [5, 5.41) is 8.69. The van der Waals surface area contributed by atoms with Crippen molar-refractivity contribution < 1.29 is 9.90 Å². The van der Waals surface area contributed by atoms with Gasteiger partial charge < -0.3 is 9.67 Å². The van der Waals surface area contributed by atoms with Crippen LogP contribution in [0.25, 0.3) is 0 Å². The van der Waals surface area contributed by atoms with Gasteiger partial charge in [0.15, 0.2) is 0 Å². The normalized spacial score (nSPS) is 20.5. The summed E-state index contributed by atoms with van der Waals surface area (Å²) in [6, 6.07) is 0. The van der Waals surface area contributed by atoms with Crippen LogP contribution in [0, 0.1) is 5.92 Å². The number of hydrogen-bond donors (Lipinski definition) is 1. The molecule has 2 rings (SSSR count). The Bertz CT molecular complexity index is 357. The molecule has 1 unspecified atom stereocenters. The highest BCUT2D eigenvalue weighted by Crippen LogP contribution is 2.21. The van der Waals surface area contributed by atoms with Gasteiger partial charge in [0.25, 0.3) is 0 Å². The minimum atomic E-state index is -0.808. The highest BCUT2D eigenvalue weighted by Gasteiger charge is 2.19. The average molecular weight is 194 g/mol. The average Bonchev–Trinajstić information content (AvgIpc) is 2.47. The molecule has 4 heteroatoms. The first-order valence-electron chi connectivity index (χ1n) is 4.92. The minimum absolute atomic E-state index is 0.0361.